The predicted molar refractivity (Wildman–Crippen MR) is 34.6 cm³/mol. The summed E-state index contributed by atoms with van der Waals surface area (Å²) < 4.78 is 0. The molecule has 0 amide bonds. The van der Waals surface area contributed by atoms with Crippen molar-refractivity contribution in [2.45, 2.75) is 23.6 Å². The van der Waals surface area contributed by atoms with Crippen LogP contribution in [-0.2, 0) is 4.79 Å². The molecule has 0 aromatic heterocycles. The van der Waals surface area contributed by atoms with E-state index in [1.54, 1.807) is 0 Å². The summed E-state index contributed by atoms with van der Waals surface area (Å²) in [5.74, 6) is 0. The number of rotatable bonds is 4. The third-order valence-electron chi connectivity index (χ3n) is 1.05. The molecule has 0 aliphatic heterocycles. The van der Waals surface area contributed by atoms with E-state index in [-0.39, 0.29) is 11.6 Å². The molecule has 0 bridgehead atoms. The van der Waals surface area contributed by atoms with Gasteiger partial charge in [-0.3, -0.25) is 0 Å². The Morgan fingerprint density at radius 2 is 1.90 bits per heavy atom. The molecule has 0 aliphatic carbocycles. The van der Waals surface area contributed by atoms with Gasteiger partial charge in [0.25, 0.3) is 0 Å². The summed E-state index contributed by atoms with van der Waals surface area (Å²) in [6, 6.07) is 0. The van der Waals surface area contributed by atoms with Crippen molar-refractivity contribution in [2.75, 3.05) is 0 Å². The van der Waals surface area contributed by atoms with Crippen molar-refractivity contribution in [3.05, 3.63) is 0 Å². The molecule has 0 aromatic rings. The van der Waals surface area contributed by atoms with Gasteiger partial charge in [-0.2, -0.15) is 0 Å². The number of aliphatic hydroxyl groups excluding tert-OH is 3. The van der Waals surface area contributed by atoms with Crippen LogP contribution in [0.3, 0.4) is 0 Å². The fourth-order valence-corrected chi connectivity index (χ4v) is 0.820. The van der Waals surface area contributed by atoms with E-state index in [0.717, 1.165) is 0 Å². The van der Waals surface area contributed by atoms with Crippen LogP contribution in [0.5, 0.6) is 0 Å². The van der Waals surface area contributed by atoms with Gasteiger partial charge in [0.1, 0.15) is 0 Å². The Labute approximate surface area is 66.7 Å². The van der Waals surface area contributed by atoms with Gasteiger partial charge in [0.2, 0.25) is 0 Å². The van der Waals surface area contributed by atoms with Crippen LogP contribution >= 0.6 is 0 Å². The van der Waals surface area contributed by atoms with Crippen LogP contribution in [-0.4, -0.2) is 55.9 Å². The molecule has 4 nitrogen and oxygen atoms in total. The zero-order chi connectivity index (χ0) is 8.15. The van der Waals surface area contributed by atoms with E-state index in [9.17, 15) is 4.79 Å². The minimum atomic E-state index is -1.50. The van der Waals surface area contributed by atoms with Crippen LogP contribution in [0.15, 0.2) is 0 Å². The predicted octanol–water partition coefficient (Wildman–Crippen LogP) is -2.15. The Balaban J connectivity index is 3.80. The number of aliphatic hydroxyl groups is 3. The molecule has 10 heavy (non-hydrogen) atoms. The molecule has 5 heteroatoms. The van der Waals surface area contributed by atoms with E-state index in [2.05, 4.69) is 16.0 Å². The fourth-order valence-electron chi connectivity index (χ4n) is 0.407. The molecule has 0 aromatic carbocycles. The Bertz CT molecular complexity index is 108. The first kappa shape index (κ1) is 10.1. The summed E-state index contributed by atoms with van der Waals surface area (Å²) >= 11 is 2.47. The van der Waals surface area contributed by atoms with E-state index < -0.39 is 18.3 Å². The fraction of sp³-hybridized carbons (Fsp3) is 0.800. The molecule has 3 N–H and O–H groups in total. The van der Waals surface area contributed by atoms with E-state index in [4.69, 9.17) is 15.3 Å². The SMILES string of the molecule is O=C[C@H](O)[C@@H](O)[C@H](O)C[Se]. The van der Waals surface area contributed by atoms with Crippen molar-refractivity contribution in [1.29, 1.82) is 0 Å². The van der Waals surface area contributed by atoms with Crippen LogP contribution < -0.4 is 0 Å². The summed E-state index contributed by atoms with van der Waals surface area (Å²) in [5.41, 5.74) is 0. The third kappa shape index (κ3) is 2.77. The number of carbonyl (C=O) groups excluding carboxylic acids is 1. The average molecular weight is 212 g/mol. The van der Waals surface area contributed by atoms with Crippen molar-refractivity contribution in [2.24, 2.45) is 0 Å². The number of hydrogen-bond donors (Lipinski definition) is 3. The maximum absolute atomic E-state index is 9.84. The normalized spacial score (nSPS) is 19.6. The Hall–Kier alpha value is 0.0695. The molecule has 0 unspecified atom stereocenters. The second kappa shape index (κ2) is 4.82. The van der Waals surface area contributed by atoms with E-state index in [0.29, 0.717) is 0 Å². The van der Waals surface area contributed by atoms with Crippen molar-refractivity contribution in [3.8, 4) is 0 Å². The first-order chi connectivity index (χ1) is 4.63. The molecular formula is C5H9O4Se. The molecule has 0 spiro atoms. The molecule has 0 saturated carbocycles. The minimum absolute atomic E-state index is 0.184. The zero-order valence-electron chi connectivity index (χ0n) is 5.17. The molecule has 0 rings (SSSR count). The second-order valence-corrected chi connectivity index (χ2v) is 2.55. The average Bonchev–Trinajstić information content (AvgIpc) is 2.00. The molecule has 0 heterocycles. The quantitative estimate of drug-likeness (QED) is 0.367. The van der Waals surface area contributed by atoms with E-state index >= 15 is 0 Å². The second-order valence-electron chi connectivity index (χ2n) is 1.85. The number of aldehydes is 1. The third-order valence-corrected chi connectivity index (χ3v) is 1.77. The Morgan fingerprint density at radius 1 is 1.40 bits per heavy atom. The topological polar surface area (TPSA) is 77.8 Å². The van der Waals surface area contributed by atoms with Crippen LogP contribution in [0.2, 0.25) is 5.32 Å². The first-order valence-corrected chi connectivity index (χ1v) is 3.92. The van der Waals surface area contributed by atoms with Crippen molar-refractivity contribution in [3.63, 3.8) is 0 Å². The summed E-state index contributed by atoms with van der Waals surface area (Å²) in [6.45, 7) is 0. The van der Waals surface area contributed by atoms with Gasteiger partial charge in [-0.25, -0.2) is 0 Å². The molecule has 59 valence electrons. The van der Waals surface area contributed by atoms with Crippen LogP contribution in [0, 0.1) is 0 Å². The van der Waals surface area contributed by atoms with Crippen LogP contribution in [0.1, 0.15) is 0 Å². The number of carbonyl (C=O) groups is 1. The van der Waals surface area contributed by atoms with Gasteiger partial charge in [-0.05, 0) is 0 Å². The summed E-state index contributed by atoms with van der Waals surface area (Å²) in [7, 11) is 0. The number of hydrogen-bond acceptors (Lipinski definition) is 4. The van der Waals surface area contributed by atoms with Crippen LogP contribution in [0.25, 0.3) is 0 Å². The maximum atomic E-state index is 9.84. The summed E-state index contributed by atoms with van der Waals surface area (Å²) in [6.07, 6.45) is -3.79. The van der Waals surface area contributed by atoms with Crippen molar-refractivity contribution >= 4 is 22.3 Å². The monoisotopic (exact) mass is 213 g/mol. The van der Waals surface area contributed by atoms with Crippen molar-refractivity contribution < 1.29 is 20.1 Å². The van der Waals surface area contributed by atoms with Gasteiger partial charge in [-0.15, -0.1) is 0 Å². The molecule has 0 saturated heterocycles. The molecule has 3 atom stereocenters. The first-order valence-electron chi connectivity index (χ1n) is 2.71. The standard InChI is InChI=1S/C5H9O4Se/c6-1-3(7)5(9)4(8)2-10/h1,3-5,7-9H,2H2/t3-,4+,5+/m0/s1. The summed E-state index contributed by atoms with van der Waals surface area (Å²) in [5, 5.41) is 26.5. The van der Waals surface area contributed by atoms with E-state index in [1.807, 2.05) is 0 Å². The van der Waals surface area contributed by atoms with Gasteiger partial charge >= 0.3 is 66.0 Å². The van der Waals surface area contributed by atoms with Gasteiger partial charge in [0.15, 0.2) is 0 Å². The van der Waals surface area contributed by atoms with Crippen molar-refractivity contribution in [1.82, 2.24) is 0 Å². The Morgan fingerprint density at radius 3 is 2.20 bits per heavy atom. The Kier molecular flexibility index (Phi) is 4.85. The van der Waals surface area contributed by atoms with E-state index in [1.165, 1.54) is 0 Å². The van der Waals surface area contributed by atoms with Crippen LogP contribution in [0.4, 0.5) is 0 Å². The molecule has 1 radical (unpaired) electrons. The van der Waals surface area contributed by atoms with Gasteiger partial charge in [0, 0.05) is 0 Å². The summed E-state index contributed by atoms with van der Waals surface area (Å²) in [4.78, 5) is 9.84. The molecule has 0 aliphatic rings. The molecular weight excluding hydrogens is 203 g/mol. The van der Waals surface area contributed by atoms with Gasteiger partial charge < -0.3 is 0 Å². The molecule has 0 fully saturated rings. The van der Waals surface area contributed by atoms with Gasteiger partial charge in [0.05, 0.1) is 0 Å². The zero-order valence-corrected chi connectivity index (χ0v) is 6.89. The van der Waals surface area contributed by atoms with Gasteiger partial charge in [-0.1, -0.05) is 0 Å².